The van der Waals surface area contributed by atoms with Crippen molar-refractivity contribution in [2.24, 2.45) is 0 Å². The van der Waals surface area contributed by atoms with Crippen molar-refractivity contribution < 1.29 is 27.5 Å². The lowest BCUT2D eigenvalue weighted by Crippen LogP contribution is -2.37. The topological polar surface area (TPSA) is 110 Å². The molecule has 1 aliphatic heterocycles. The third-order valence-corrected chi connectivity index (χ3v) is 5.16. The third-order valence-electron chi connectivity index (χ3n) is 5.16. The molecule has 4 rings (SSSR count). The molecule has 1 aromatic carbocycles. The first-order valence-electron chi connectivity index (χ1n) is 9.33. The van der Waals surface area contributed by atoms with Gasteiger partial charge in [-0.05, 0) is 12.1 Å². The Hall–Kier alpha value is -3.72. The number of aliphatic hydroxyl groups is 1. The van der Waals surface area contributed by atoms with Gasteiger partial charge in [-0.3, -0.25) is 4.79 Å². The molecule has 3 aromatic rings. The van der Waals surface area contributed by atoms with E-state index in [1.807, 2.05) is 0 Å². The van der Waals surface area contributed by atoms with Gasteiger partial charge in [0.1, 0.15) is 30.3 Å². The Bertz CT molecular complexity index is 1300. The second-order valence-corrected chi connectivity index (χ2v) is 7.24. The highest BCUT2D eigenvalue weighted by atomic mass is 19.3. The number of nitrogens with zero attached hydrogens (tertiary/aromatic N) is 5. The van der Waals surface area contributed by atoms with E-state index in [-0.39, 0.29) is 41.1 Å². The Labute approximate surface area is 178 Å². The number of anilines is 1. The maximum Gasteiger partial charge on any atom is 0.282 e. The van der Waals surface area contributed by atoms with Crippen LogP contribution in [0.4, 0.5) is 23.4 Å². The van der Waals surface area contributed by atoms with Gasteiger partial charge in [-0.25, -0.2) is 32.2 Å². The molecule has 8 nitrogen and oxygen atoms in total. The van der Waals surface area contributed by atoms with Gasteiger partial charge in [0, 0.05) is 25.6 Å². The predicted octanol–water partition coefficient (Wildman–Crippen LogP) is 1.89. The average molecular weight is 448 g/mol. The molecule has 1 fully saturated rings. The van der Waals surface area contributed by atoms with Crippen LogP contribution in [0, 0.1) is 17.7 Å². The highest BCUT2D eigenvalue weighted by Gasteiger charge is 2.42. The van der Waals surface area contributed by atoms with Crippen LogP contribution in [0.15, 0.2) is 18.5 Å². The SMILES string of the molecule is CN1CC[C@@](O)(C#Cc2cc(-n3nc(C(F)F)c4c(N)ncnc43)cc(CF)c2F)C1=O. The Morgan fingerprint density at radius 3 is 2.72 bits per heavy atom. The smallest absolute Gasteiger partial charge is 0.282 e. The normalized spacial score (nSPS) is 18.5. The van der Waals surface area contributed by atoms with E-state index in [2.05, 4.69) is 26.9 Å². The number of nitrogens with two attached hydrogens (primary N) is 1. The summed E-state index contributed by atoms with van der Waals surface area (Å²) in [5.74, 6) is 2.86. The summed E-state index contributed by atoms with van der Waals surface area (Å²) in [6.45, 7) is -0.961. The molecule has 32 heavy (non-hydrogen) atoms. The summed E-state index contributed by atoms with van der Waals surface area (Å²) < 4.78 is 56.2. The largest absolute Gasteiger partial charge is 0.383 e. The van der Waals surface area contributed by atoms with E-state index in [4.69, 9.17) is 5.73 Å². The molecule has 0 spiro atoms. The second-order valence-electron chi connectivity index (χ2n) is 7.24. The monoisotopic (exact) mass is 448 g/mol. The van der Waals surface area contributed by atoms with Crippen LogP contribution in [-0.4, -0.2) is 54.9 Å². The number of likely N-dealkylation sites (tertiary alicyclic amines) is 1. The van der Waals surface area contributed by atoms with E-state index in [1.165, 1.54) is 11.9 Å². The van der Waals surface area contributed by atoms with Gasteiger partial charge in [0.2, 0.25) is 5.60 Å². The van der Waals surface area contributed by atoms with E-state index >= 15 is 0 Å². The summed E-state index contributed by atoms with van der Waals surface area (Å²) in [6, 6.07) is 2.21. The van der Waals surface area contributed by atoms with Gasteiger partial charge in [0.25, 0.3) is 12.3 Å². The third kappa shape index (κ3) is 3.40. The average Bonchev–Trinajstić information content (AvgIpc) is 3.28. The molecule has 1 saturated heterocycles. The number of benzene rings is 1. The lowest BCUT2D eigenvalue weighted by molar-refractivity contribution is -0.137. The number of hydrogen-bond acceptors (Lipinski definition) is 6. The van der Waals surface area contributed by atoms with Crippen LogP contribution in [0.3, 0.4) is 0 Å². The molecule has 1 atom stereocenters. The Kier molecular flexibility index (Phi) is 5.21. The predicted molar refractivity (Wildman–Crippen MR) is 105 cm³/mol. The van der Waals surface area contributed by atoms with Crippen LogP contribution in [0.25, 0.3) is 16.7 Å². The van der Waals surface area contributed by atoms with Gasteiger partial charge in [0.05, 0.1) is 16.6 Å². The zero-order valence-electron chi connectivity index (χ0n) is 16.6. The minimum atomic E-state index is -3.01. The maximum absolute atomic E-state index is 14.7. The molecule has 2 aromatic heterocycles. The molecular weight excluding hydrogens is 432 g/mol. The zero-order valence-corrected chi connectivity index (χ0v) is 16.6. The van der Waals surface area contributed by atoms with Crippen molar-refractivity contribution in [3.05, 3.63) is 41.1 Å². The van der Waals surface area contributed by atoms with Crippen molar-refractivity contribution in [1.29, 1.82) is 0 Å². The number of halogens is 4. The van der Waals surface area contributed by atoms with Crippen molar-refractivity contribution in [3.8, 4) is 17.5 Å². The van der Waals surface area contributed by atoms with Gasteiger partial charge in [0.15, 0.2) is 5.65 Å². The summed E-state index contributed by atoms with van der Waals surface area (Å²) in [7, 11) is 1.49. The van der Waals surface area contributed by atoms with Crippen molar-refractivity contribution in [3.63, 3.8) is 0 Å². The Morgan fingerprint density at radius 1 is 1.34 bits per heavy atom. The van der Waals surface area contributed by atoms with E-state index in [0.29, 0.717) is 0 Å². The van der Waals surface area contributed by atoms with Crippen molar-refractivity contribution in [2.45, 2.75) is 25.1 Å². The molecule has 1 aliphatic rings. The quantitative estimate of drug-likeness (QED) is 0.468. The highest BCUT2D eigenvalue weighted by Crippen LogP contribution is 2.31. The maximum atomic E-state index is 14.7. The number of amides is 1. The minimum absolute atomic E-state index is 0.0137. The van der Waals surface area contributed by atoms with Crippen LogP contribution in [0.5, 0.6) is 0 Å². The molecule has 0 bridgehead atoms. The number of carbonyl (C=O) groups is 1. The Balaban J connectivity index is 1.90. The van der Waals surface area contributed by atoms with E-state index in [1.54, 1.807) is 0 Å². The molecular formula is C20H16F4N6O2. The van der Waals surface area contributed by atoms with E-state index in [0.717, 1.165) is 23.1 Å². The molecule has 166 valence electrons. The molecule has 3 heterocycles. The Morgan fingerprint density at radius 2 is 2.09 bits per heavy atom. The number of nitrogen functional groups attached to an aromatic ring is 1. The van der Waals surface area contributed by atoms with Crippen LogP contribution < -0.4 is 5.73 Å². The first-order valence-corrected chi connectivity index (χ1v) is 9.33. The minimum Gasteiger partial charge on any atom is -0.383 e. The number of aromatic nitrogens is 4. The van der Waals surface area contributed by atoms with Crippen molar-refractivity contribution in [1.82, 2.24) is 24.6 Å². The molecule has 0 saturated carbocycles. The number of rotatable bonds is 3. The number of carbonyl (C=O) groups excluding carboxylic acids is 1. The summed E-state index contributed by atoms with van der Waals surface area (Å²) in [5, 5.41) is 14.1. The van der Waals surface area contributed by atoms with Gasteiger partial charge in [-0.1, -0.05) is 11.8 Å². The summed E-state index contributed by atoms with van der Waals surface area (Å²) >= 11 is 0. The molecule has 0 aliphatic carbocycles. The molecule has 0 unspecified atom stereocenters. The molecule has 1 amide bonds. The zero-order chi connectivity index (χ0) is 23.2. The van der Waals surface area contributed by atoms with Crippen LogP contribution >= 0.6 is 0 Å². The number of likely N-dealkylation sites (N-methyl/N-ethyl adjacent to an activating group) is 1. The van der Waals surface area contributed by atoms with Crippen molar-refractivity contribution in [2.75, 3.05) is 19.3 Å². The van der Waals surface area contributed by atoms with E-state index in [9.17, 15) is 27.5 Å². The first-order chi connectivity index (χ1) is 15.2. The summed E-state index contributed by atoms with van der Waals surface area (Å²) in [6.07, 6.45) is -1.94. The van der Waals surface area contributed by atoms with Crippen LogP contribution in [0.2, 0.25) is 0 Å². The summed E-state index contributed by atoms with van der Waals surface area (Å²) in [4.78, 5) is 21.0. The van der Waals surface area contributed by atoms with Gasteiger partial charge >= 0.3 is 0 Å². The number of hydrogen-bond donors (Lipinski definition) is 2. The van der Waals surface area contributed by atoms with Crippen LogP contribution in [-0.2, 0) is 11.5 Å². The van der Waals surface area contributed by atoms with Gasteiger partial charge in [-0.15, -0.1) is 0 Å². The molecule has 12 heteroatoms. The van der Waals surface area contributed by atoms with Gasteiger partial charge < -0.3 is 15.7 Å². The number of alkyl halides is 3. The molecule has 0 radical (unpaired) electrons. The van der Waals surface area contributed by atoms with Crippen LogP contribution in [0.1, 0.15) is 29.7 Å². The lowest BCUT2D eigenvalue weighted by atomic mass is 10.0. The van der Waals surface area contributed by atoms with Gasteiger partial charge in [-0.2, -0.15) is 5.10 Å². The summed E-state index contributed by atoms with van der Waals surface area (Å²) in [5.41, 5.74) is 2.14. The second kappa shape index (κ2) is 7.76. The fourth-order valence-corrected chi connectivity index (χ4v) is 3.45. The number of fused-ring (bicyclic) bond motifs is 1. The highest BCUT2D eigenvalue weighted by molar-refractivity contribution is 5.91. The molecule has 3 N–H and O–H groups in total. The first kappa shape index (κ1) is 21.5. The van der Waals surface area contributed by atoms with E-state index < -0.39 is 41.7 Å². The lowest BCUT2D eigenvalue weighted by Gasteiger charge is -2.13. The van der Waals surface area contributed by atoms with Crippen molar-refractivity contribution >= 4 is 22.8 Å². The fraction of sp³-hybridized carbons (Fsp3) is 0.300. The fourth-order valence-electron chi connectivity index (χ4n) is 3.45. The standard InChI is InChI=1S/C20H16F4N6O2/c1-29-5-4-20(32,19(29)31)3-2-10-6-12(7-11(8-21)14(10)22)30-18-13(15(28-30)16(23)24)17(25)26-9-27-18/h6-7,9,16,32H,4-5,8H2,1H3,(H2,25,26,27)/t20-/m0/s1.